The van der Waals surface area contributed by atoms with Crippen molar-refractivity contribution in [2.45, 2.75) is 18.9 Å². The van der Waals surface area contributed by atoms with Crippen LogP contribution in [0, 0.1) is 25.2 Å². The first-order valence-electron chi connectivity index (χ1n) is 6.57. The Morgan fingerprint density at radius 3 is 2.68 bits per heavy atom. The molecule has 0 bridgehead atoms. The number of aromatic nitrogens is 4. The molecular formula is C15H13N5OS. The van der Waals surface area contributed by atoms with Crippen molar-refractivity contribution in [3.8, 4) is 23.5 Å². The highest BCUT2D eigenvalue weighted by atomic mass is 32.2. The predicted molar refractivity (Wildman–Crippen MR) is 82.8 cm³/mol. The van der Waals surface area contributed by atoms with E-state index in [9.17, 15) is 5.26 Å². The molecule has 3 aromatic rings. The van der Waals surface area contributed by atoms with Gasteiger partial charge in [0.15, 0.2) is 5.76 Å². The van der Waals surface area contributed by atoms with Gasteiger partial charge in [-0.05, 0) is 38.3 Å². The van der Waals surface area contributed by atoms with Gasteiger partial charge in [-0.1, -0.05) is 0 Å². The summed E-state index contributed by atoms with van der Waals surface area (Å²) < 4.78 is 7.08. The Bertz CT molecular complexity index is 861. The Balaban J connectivity index is 2.28. The molecule has 0 aliphatic rings. The molecule has 0 amide bonds. The lowest BCUT2D eigenvalue weighted by molar-refractivity contribution is 0.578. The molecule has 0 unspecified atom stereocenters. The molecule has 110 valence electrons. The number of aryl methyl sites for hydroxylation is 2. The van der Waals surface area contributed by atoms with Gasteiger partial charge < -0.3 is 4.42 Å². The van der Waals surface area contributed by atoms with Crippen LogP contribution in [0.2, 0.25) is 0 Å². The molecule has 6 nitrogen and oxygen atoms in total. The fourth-order valence-electron chi connectivity index (χ4n) is 2.20. The van der Waals surface area contributed by atoms with Crippen LogP contribution in [0.5, 0.6) is 0 Å². The van der Waals surface area contributed by atoms with E-state index in [1.165, 1.54) is 11.8 Å². The van der Waals surface area contributed by atoms with E-state index in [1.807, 2.05) is 26.2 Å². The summed E-state index contributed by atoms with van der Waals surface area (Å²) in [4.78, 5) is 8.96. The molecule has 0 radical (unpaired) electrons. The van der Waals surface area contributed by atoms with Crippen molar-refractivity contribution in [3.63, 3.8) is 0 Å². The van der Waals surface area contributed by atoms with Crippen molar-refractivity contribution < 1.29 is 4.42 Å². The summed E-state index contributed by atoms with van der Waals surface area (Å²) >= 11 is 1.40. The van der Waals surface area contributed by atoms with E-state index in [0.717, 1.165) is 11.4 Å². The molecule has 3 rings (SSSR count). The molecule has 0 fully saturated rings. The molecule has 3 heterocycles. The highest BCUT2D eigenvalue weighted by Crippen LogP contribution is 2.29. The largest absolute Gasteiger partial charge is 0.463 e. The zero-order valence-electron chi connectivity index (χ0n) is 12.4. The minimum Gasteiger partial charge on any atom is -0.463 e. The van der Waals surface area contributed by atoms with Gasteiger partial charge in [0.2, 0.25) is 0 Å². The third-order valence-electron chi connectivity index (χ3n) is 3.12. The van der Waals surface area contributed by atoms with Gasteiger partial charge in [-0.15, -0.1) is 11.8 Å². The van der Waals surface area contributed by atoms with E-state index in [2.05, 4.69) is 21.1 Å². The Labute approximate surface area is 131 Å². The molecule has 7 heteroatoms. The second-order valence-electron chi connectivity index (χ2n) is 4.68. The van der Waals surface area contributed by atoms with E-state index in [1.54, 1.807) is 23.1 Å². The lowest BCUT2D eigenvalue weighted by atomic mass is 10.2. The first kappa shape index (κ1) is 14.4. The number of thioether (sulfide) groups is 1. The molecule has 0 atom stereocenters. The van der Waals surface area contributed by atoms with Crippen molar-refractivity contribution in [2.75, 3.05) is 6.26 Å². The normalized spacial score (nSPS) is 10.6. The SMILES string of the molecule is CSc1nc(-n2nc(C)cc2C)nc(-c2ccco2)c1C#N. The summed E-state index contributed by atoms with van der Waals surface area (Å²) in [6.07, 6.45) is 3.43. The van der Waals surface area contributed by atoms with E-state index in [0.29, 0.717) is 28.0 Å². The summed E-state index contributed by atoms with van der Waals surface area (Å²) in [7, 11) is 0. The number of hydrogen-bond donors (Lipinski definition) is 0. The number of rotatable bonds is 3. The fraction of sp³-hybridized carbons (Fsp3) is 0.200. The van der Waals surface area contributed by atoms with Crippen LogP contribution in [-0.4, -0.2) is 26.0 Å². The average molecular weight is 311 g/mol. The molecule has 0 aliphatic carbocycles. The molecule has 0 N–H and O–H groups in total. The summed E-state index contributed by atoms with van der Waals surface area (Å²) in [5.41, 5.74) is 2.71. The van der Waals surface area contributed by atoms with Crippen LogP contribution in [0.3, 0.4) is 0 Å². The zero-order chi connectivity index (χ0) is 15.7. The topological polar surface area (TPSA) is 80.5 Å². The number of furan rings is 1. The Morgan fingerprint density at radius 1 is 1.32 bits per heavy atom. The fourth-order valence-corrected chi connectivity index (χ4v) is 2.71. The quantitative estimate of drug-likeness (QED) is 0.546. The monoisotopic (exact) mass is 311 g/mol. The Hall–Kier alpha value is -2.59. The summed E-state index contributed by atoms with van der Waals surface area (Å²) in [6.45, 7) is 3.85. The molecule has 3 aromatic heterocycles. The van der Waals surface area contributed by atoms with Crippen LogP contribution >= 0.6 is 11.8 Å². The lowest BCUT2D eigenvalue weighted by Crippen LogP contribution is -2.08. The van der Waals surface area contributed by atoms with Crippen LogP contribution < -0.4 is 0 Å². The molecule has 0 saturated heterocycles. The second kappa shape index (κ2) is 5.66. The maximum Gasteiger partial charge on any atom is 0.252 e. The third kappa shape index (κ3) is 2.38. The van der Waals surface area contributed by atoms with Crippen LogP contribution in [-0.2, 0) is 0 Å². The van der Waals surface area contributed by atoms with Crippen molar-refractivity contribution in [1.29, 1.82) is 5.26 Å². The highest BCUT2D eigenvalue weighted by Gasteiger charge is 2.19. The first-order chi connectivity index (χ1) is 10.6. The van der Waals surface area contributed by atoms with Crippen LogP contribution in [0.1, 0.15) is 17.0 Å². The van der Waals surface area contributed by atoms with Crippen molar-refractivity contribution in [1.82, 2.24) is 19.7 Å². The minimum atomic E-state index is 0.410. The number of hydrogen-bond acceptors (Lipinski definition) is 6. The van der Waals surface area contributed by atoms with Gasteiger partial charge in [0.25, 0.3) is 5.95 Å². The zero-order valence-corrected chi connectivity index (χ0v) is 13.2. The Kier molecular flexibility index (Phi) is 3.69. The molecule has 0 aliphatic heterocycles. The number of nitriles is 1. The van der Waals surface area contributed by atoms with Gasteiger partial charge >= 0.3 is 0 Å². The van der Waals surface area contributed by atoms with Crippen molar-refractivity contribution in [2.24, 2.45) is 0 Å². The second-order valence-corrected chi connectivity index (χ2v) is 5.48. The van der Waals surface area contributed by atoms with Crippen LogP contribution in [0.15, 0.2) is 33.9 Å². The maximum atomic E-state index is 9.44. The lowest BCUT2D eigenvalue weighted by Gasteiger charge is -2.09. The van der Waals surface area contributed by atoms with E-state index >= 15 is 0 Å². The maximum absolute atomic E-state index is 9.44. The minimum absolute atomic E-state index is 0.410. The summed E-state index contributed by atoms with van der Waals surface area (Å²) in [5.74, 6) is 0.970. The predicted octanol–water partition coefficient (Wildman–Crippen LogP) is 3.13. The van der Waals surface area contributed by atoms with Gasteiger partial charge in [0.05, 0.1) is 12.0 Å². The summed E-state index contributed by atoms with van der Waals surface area (Å²) in [5, 5.41) is 14.4. The summed E-state index contributed by atoms with van der Waals surface area (Å²) in [6, 6.07) is 7.66. The van der Waals surface area contributed by atoms with Gasteiger partial charge in [-0.25, -0.2) is 14.6 Å². The van der Waals surface area contributed by atoms with E-state index in [-0.39, 0.29) is 0 Å². The van der Waals surface area contributed by atoms with Crippen LogP contribution in [0.25, 0.3) is 17.4 Å². The standard InChI is InChI=1S/C15H13N5OS/c1-9-7-10(2)20(19-9)15-17-13(12-5-4-6-21-12)11(8-16)14(18-15)22-3/h4-7H,1-3H3. The molecule has 0 spiro atoms. The molecule has 0 saturated carbocycles. The molecule has 22 heavy (non-hydrogen) atoms. The van der Waals surface area contributed by atoms with Gasteiger partial charge in [0, 0.05) is 5.69 Å². The van der Waals surface area contributed by atoms with E-state index < -0.39 is 0 Å². The van der Waals surface area contributed by atoms with Gasteiger partial charge in [0.1, 0.15) is 22.4 Å². The molecular weight excluding hydrogens is 298 g/mol. The Morgan fingerprint density at radius 2 is 2.14 bits per heavy atom. The highest BCUT2D eigenvalue weighted by molar-refractivity contribution is 7.98. The smallest absolute Gasteiger partial charge is 0.252 e. The van der Waals surface area contributed by atoms with Crippen LogP contribution in [0.4, 0.5) is 0 Å². The third-order valence-corrected chi connectivity index (χ3v) is 3.80. The van der Waals surface area contributed by atoms with Crippen molar-refractivity contribution >= 4 is 11.8 Å². The van der Waals surface area contributed by atoms with Crippen molar-refractivity contribution in [3.05, 3.63) is 41.4 Å². The number of nitrogens with zero attached hydrogens (tertiary/aromatic N) is 5. The van der Waals surface area contributed by atoms with Gasteiger partial charge in [-0.3, -0.25) is 0 Å². The molecule has 0 aromatic carbocycles. The van der Waals surface area contributed by atoms with E-state index in [4.69, 9.17) is 4.42 Å². The first-order valence-corrected chi connectivity index (χ1v) is 7.80. The van der Waals surface area contributed by atoms with Gasteiger partial charge in [-0.2, -0.15) is 10.4 Å². The average Bonchev–Trinajstić information content (AvgIpc) is 3.15.